The number of nitrogens with zero attached hydrogens (tertiary/aromatic N) is 1. The van der Waals surface area contributed by atoms with Gasteiger partial charge in [-0.15, -0.1) is 0 Å². The smallest absolute Gasteiger partial charge is 0.305 e. The summed E-state index contributed by atoms with van der Waals surface area (Å²) in [6.07, 6.45) is -0.122. The van der Waals surface area contributed by atoms with E-state index in [9.17, 15) is 14.0 Å². The van der Waals surface area contributed by atoms with E-state index in [1.54, 1.807) is 17.0 Å². The van der Waals surface area contributed by atoms with Gasteiger partial charge in [0.1, 0.15) is 5.82 Å². The Morgan fingerprint density at radius 3 is 2.72 bits per heavy atom. The van der Waals surface area contributed by atoms with Crippen LogP contribution in [0.1, 0.15) is 6.42 Å². The molecular formula is C12H13FN2O3. The number of anilines is 1. The molecule has 1 unspecified atom stereocenters. The van der Waals surface area contributed by atoms with Gasteiger partial charge in [0.25, 0.3) is 0 Å². The highest BCUT2D eigenvalue weighted by Crippen LogP contribution is 2.17. The summed E-state index contributed by atoms with van der Waals surface area (Å²) >= 11 is 0. The Morgan fingerprint density at radius 1 is 1.44 bits per heavy atom. The molecule has 1 saturated heterocycles. The third-order valence-electron chi connectivity index (χ3n) is 2.75. The van der Waals surface area contributed by atoms with Crippen molar-refractivity contribution in [3.63, 3.8) is 0 Å². The van der Waals surface area contributed by atoms with E-state index >= 15 is 0 Å². The molecule has 18 heavy (non-hydrogen) atoms. The minimum Gasteiger partial charge on any atom is -0.481 e. The minimum atomic E-state index is -0.957. The van der Waals surface area contributed by atoms with E-state index in [0.29, 0.717) is 12.2 Å². The molecule has 1 aliphatic heterocycles. The number of carboxylic acids is 1. The highest BCUT2D eigenvalue weighted by Gasteiger charge is 2.26. The number of amides is 1. The standard InChI is InChI=1S/C12H13FN2O3/c13-8-1-3-10(4-2-8)15-6-9(5-12(17)18)14-11(16)7-15/h1-4,9H,5-7H2,(H,14,16)(H,17,18). The molecule has 0 aromatic heterocycles. The average Bonchev–Trinajstić information content (AvgIpc) is 2.28. The number of halogens is 1. The van der Waals surface area contributed by atoms with Crippen LogP contribution in [0.15, 0.2) is 24.3 Å². The van der Waals surface area contributed by atoms with Gasteiger partial charge in [0, 0.05) is 12.2 Å². The van der Waals surface area contributed by atoms with Crippen LogP contribution >= 0.6 is 0 Å². The predicted molar refractivity (Wildman–Crippen MR) is 62.8 cm³/mol. The third kappa shape index (κ3) is 2.97. The van der Waals surface area contributed by atoms with Gasteiger partial charge in [-0.2, -0.15) is 0 Å². The first-order chi connectivity index (χ1) is 8.54. The van der Waals surface area contributed by atoms with Gasteiger partial charge in [0.2, 0.25) is 5.91 Å². The maximum absolute atomic E-state index is 12.8. The second-order valence-corrected chi connectivity index (χ2v) is 4.22. The monoisotopic (exact) mass is 252 g/mol. The highest BCUT2D eigenvalue weighted by molar-refractivity contribution is 5.84. The van der Waals surface area contributed by atoms with Gasteiger partial charge in [-0.25, -0.2) is 4.39 Å². The molecule has 0 bridgehead atoms. The average molecular weight is 252 g/mol. The molecule has 1 heterocycles. The number of aliphatic carboxylic acids is 1. The fourth-order valence-corrected chi connectivity index (χ4v) is 2.00. The molecule has 0 radical (unpaired) electrons. The van der Waals surface area contributed by atoms with Crippen LogP contribution in [-0.2, 0) is 9.59 Å². The Hall–Kier alpha value is -2.11. The van der Waals surface area contributed by atoms with Gasteiger partial charge < -0.3 is 15.3 Å². The fraction of sp³-hybridized carbons (Fsp3) is 0.333. The van der Waals surface area contributed by atoms with Gasteiger partial charge in [-0.05, 0) is 24.3 Å². The van der Waals surface area contributed by atoms with Gasteiger partial charge >= 0.3 is 5.97 Å². The van der Waals surface area contributed by atoms with Crippen molar-refractivity contribution in [2.45, 2.75) is 12.5 Å². The molecule has 0 spiro atoms. The Kier molecular flexibility index (Phi) is 3.45. The molecule has 1 atom stereocenters. The van der Waals surface area contributed by atoms with Crippen LogP contribution in [0.5, 0.6) is 0 Å². The zero-order valence-corrected chi connectivity index (χ0v) is 9.60. The maximum Gasteiger partial charge on any atom is 0.305 e. The van der Waals surface area contributed by atoms with Gasteiger partial charge in [0.15, 0.2) is 0 Å². The summed E-state index contributed by atoms with van der Waals surface area (Å²) in [6, 6.07) is 5.35. The Labute approximate surface area is 103 Å². The van der Waals surface area contributed by atoms with Crippen molar-refractivity contribution in [1.82, 2.24) is 5.32 Å². The molecule has 2 rings (SSSR count). The lowest BCUT2D eigenvalue weighted by molar-refractivity contribution is -0.137. The van der Waals surface area contributed by atoms with Gasteiger partial charge in [0.05, 0.1) is 19.0 Å². The van der Waals surface area contributed by atoms with Crippen LogP contribution < -0.4 is 10.2 Å². The second-order valence-electron chi connectivity index (χ2n) is 4.22. The van der Waals surface area contributed by atoms with Gasteiger partial charge in [-0.1, -0.05) is 0 Å². The van der Waals surface area contributed by atoms with Crippen molar-refractivity contribution in [2.75, 3.05) is 18.0 Å². The lowest BCUT2D eigenvalue weighted by atomic mass is 10.1. The summed E-state index contributed by atoms with van der Waals surface area (Å²) in [6.45, 7) is 0.561. The van der Waals surface area contributed by atoms with Crippen LogP contribution in [-0.4, -0.2) is 36.1 Å². The lowest BCUT2D eigenvalue weighted by Gasteiger charge is -2.33. The quantitative estimate of drug-likeness (QED) is 0.826. The van der Waals surface area contributed by atoms with Crippen LogP contribution in [0.4, 0.5) is 10.1 Å². The molecule has 1 fully saturated rings. The lowest BCUT2D eigenvalue weighted by Crippen LogP contribution is -2.54. The molecule has 1 aromatic carbocycles. The fourth-order valence-electron chi connectivity index (χ4n) is 2.00. The molecule has 1 amide bonds. The van der Waals surface area contributed by atoms with E-state index in [2.05, 4.69) is 5.32 Å². The molecule has 2 N–H and O–H groups in total. The minimum absolute atomic E-state index is 0.122. The van der Waals surface area contributed by atoms with Crippen molar-refractivity contribution in [3.05, 3.63) is 30.1 Å². The van der Waals surface area contributed by atoms with E-state index in [0.717, 1.165) is 0 Å². The summed E-state index contributed by atoms with van der Waals surface area (Å²) in [4.78, 5) is 23.9. The summed E-state index contributed by atoms with van der Waals surface area (Å²) < 4.78 is 12.8. The van der Waals surface area contributed by atoms with Crippen LogP contribution in [0.3, 0.4) is 0 Å². The molecule has 1 aliphatic rings. The van der Waals surface area contributed by atoms with Crippen LogP contribution in [0.2, 0.25) is 0 Å². The number of nitrogens with one attached hydrogen (secondary N) is 1. The number of benzene rings is 1. The Bertz CT molecular complexity index is 459. The van der Waals surface area contributed by atoms with E-state index in [1.165, 1.54) is 12.1 Å². The summed E-state index contributed by atoms with van der Waals surface area (Å²) in [7, 11) is 0. The zero-order valence-electron chi connectivity index (χ0n) is 9.60. The van der Waals surface area contributed by atoms with Gasteiger partial charge in [-0.3, -0.25) is 9.59 Å². The topological polar surface area (TPSA) is 69.6 Å². The Balaban J connectivity index is 2.10. The number of hydrogen-bond acceptors (Lipinski definition) is 3. The Morgan fingerprint density at radius 2 is 2.11 bits per heavy atom. The van der Waals surface area contributed by atoms with Crippen LogP contribution in [0.25, 0.3) is 0 Å². The number of carbonyl (C=O) groups is 2. The molecule has 1 aromatic rings. The molecule has 0 saturated carbocycles. The van der Waals surface area contributed by atoms with Crippen molar-refractivity contribution in [2.24, 2.45) is 0 Å². The number of piperazine rings is 1. The first kappa shape index (κ1) is 12.3. The largest absolute Gasteiger partial charge is 0.481 e. The van der Waals surface area contributed by atoms with E-state index in [1.807, 2.05) is 0 Å². The summed E-state index contributed by atoms with van der Waals surface area (Å²) in [5, 5.41) is 11.3. The third-order valence-corrected chi connectivity index (χ3v) is 2.75. The number of carbonyl (C=O) groups excluding carboxylic acids is 1. The molecule has 96 valence electrons. The van der Waals surface area contributed by atoms with Crippen molar-refractivity contribution in [1.29, 1.82) is 0 Å². The number of hydrogen-bond donors (Lipinski definition) is 2. The number of rotatable bonds is 3. The first-order valence-electron chi connectivity index (χ1n) is 5.56. The summed E-state index contributed by atoms with van der Waals surface area (Å²) in [5.41, 5.74) is 0.710. The highest BCUT2D eigenvalue weighted by atomic mass is 19.1. The predicted octanol–water partition coefficient (Wildman–Crippen LogP) is 0.605. The second kappa shape index (κ2) is 5.03. The molecule has 0 aliphatic carbocycles. The van der Waals surface area contributed by atoms with E-state index < -0.39 is 12.0 Å². The van der Waals surface area contributed by atoms with Crippen molar-refractivity contribution in [3.8, 4) is 0 Å². The SMILES string of the molecule is O=C(O)CC1CN(c2ccc(F)cc2)CC(=O)N1. The zero-order chi connectivity index (χ0) is 13.1. The molecule has 5 nitrogen and oxygen atoms in total. The summed E-state index contributed by atoms with van der Waals surface area (Å²) in [5.74, 6) is -1.53. The maximum atomic E-state index is 12.8. The molecule has 6 heteroatoms. The molecular weight excluding hydrogens is 239 g/mol. The van der Waals surface area contributed by atoms with E-state index in [-0.39, 0.29) is 24.7 Å². The van der Waals surface area contributed by atoms with Crippen molar-refractivity contribution >= 4 is 17.6 Å². The van der Waals surface area contributed by atoms with Crippen molar-refractivity contribution < 1.29 is 19.1 Å². The normalized spacial score (nSPS) is 19.5. The number of carboxylic acid groups (broad SMARTS) is 1. The first-order valence-corrected chi connectivity index (χ1v) is 5.56. The van der Waals surface area contributed by atoms with Crippen LogP contribution in [0, 0.1) is 5.82 Å². The van der Waals surface area contributed by atoms with E-state index in [4.69, 9.17) is 5.11 Å².